The maximum atomic E-state index is 13.3. The number of thioether (sulfide) groups is 1. The summed E-state index contributed by atoms with van der Waals surface area (Å²) in [6.45, 7) is 2.38. The molecule has 1 amide bonds. The van der Waals surface area contributed by atoms with Crippen LogP contribution in [-0.4, -0.2) is 73.3 Å². The Balaban J connectivity index is 1.08. The number of ether oxygens (including phenoxy) is 1. The minimum Gasteiger partial charge on any atom is -0.423 e. The van der Waals surface area contributed by atoms with Gasteiger partial charge in [0.2, 0.25) is 5.91 Å². The fourth-order valence-electron chi connectivity index (χ4n) is 5.00. The van der Waals surface area contributed by atoms with Gasteiger partial charge in [-0.2, -0.15) is 36.6 Å². The summed E-state index contributed by atoms with van der Waals surface area (Å²) in [4.78, 5) is 22.4. The van der Waals surface area contributed by atoms with Crippen LogP contribution in [0.5, 0.6) is 0 Å². The Bertz CT molecular complexity index is 1470. The minimum atomic E-state index is -4.63. The van der Waals surface area contributed by atoms with Gasteiger partial charge in [-0.05, 0) is 61.0 Å². The van der Waals surface area contributed by atoms with Crippen molar-refractivity contribution in [1.29, 1.82) is 5.26 Å². The summed E-state index contributed by atoms with van der Waals surface area (Å²) in [5.74, 6) is -0.189. The van der Waals surface area contributed by atoms with Crippen molar-refractivity contribution >= 4 is 40.5 Å². The molecule has 0 spiro atoms. The van der Waals surface area contributed by atoms with Gasteiger partial charge in [0.1, 0.15) is 12.1 Å². The molecule has 2 aromatic carbocycles. The number of alkyl halides is 6. The number of piperazine rings is 1. The summed E-state index contributed by atoms with van der Waals surface area (Å²) >= 11 is -0.221. The van der Waals surface area contributed by atoms with Gasteiger partial charge in [0.15, 0.2) is 5.58 Å². The standard InChI is InChI=1S/C27H25F6N5O3S/c28-26(29,30)21-13-18(2-1-17(21)15-34)36-7-5-19(6-8-36)40-16-24(39)37-9-11-38(12-10-37)25-35-22-14-20(42-27(31,32)33)3-4-23(22)41-25/h1-4,13-14,19H,5-12,16H2. The number of aromatic nitrogens is 1. The van der Waals surface area contributed by atoms with Crippen LogP contribution in [0, 0.1) is 11.3 Å². The molecule has 1 aromatic heterocycles. The van der Waals surface area contributed by atoms with Crippen molar-refractivity contribution in [2.24, 2.45) is 0 Å². The molecule has 0 saturated carbocycles. The number of anilines is 2. The molecule has 3 aromatic rings. The molecule has 0 radical (unpaired) electrons. The van der Waals surface area contributed by atoms with Gasteiger partial charge in [-0.25, -0.2) is 0 Å². The van der Waals surface area contributed by atoms with E-state index in [1.807, 2.05) is 4.90 Å². The summed E-state index contributed by atoms with van der Waals surface area (Å²) in [7, 11) is 0. The van der Waals surface area contributed by atoms with Gasteiger partial charge in [-0.15, -0.1) is 0 Å². The van der Waals surface area contributed by atoms with Crippen molar-refractivity contribution in [3.8, 4) is 6.07 Å². The molecule has 0 aliphatic carbocycles. The first-order chi connectivity index (χ1) is 19.9. The second-order valence-corrected chi connectivity index (χ2v) is 11.0. The Morgan fingerprint density at radius 1 is 1.00 bits per heavy atom. The number of hydrogen-bond acceptors (Lipinski definition) is 8. The van der Waals surface area contributed by atoms with Crippen LogP contribution in [0.4, 0.5) is 38.0 Å². The van der Waals surface area contributed by atoms with Crippen LogP contribution in [0.3, 0.4) is 0 Å². The van der Waals surface area contributed by atoms with Crippen molar-refractivity contribution in [2.75, 3.05) is 55.7 Å². The molecular weight excluding hydrogens is 588 g/mol. The average molecular weight is 614 g/mol. The highest BCUT2D eigenvalue weighted by molar-refractivity contribution is 8.00. The largest absolute Gasteiger partial charge is 0.446 e. The lowest BCUT2D eigenvalue weighted by atomic mass is 10.0. The van der Waals surface area contributed by atoms with Gasteiger partial charge < -0.3 is 23.9 Å². The number of nitrogens with zero attached hydrogens (tertiary/aromatic N) is 5. The number of carbonyl (C=O) groups excluding carboxylic acids is 1. The SMILES string of the molecule is N#Cc1ccc(N2CCC(OCC(=O)N3CCN(c4nc5cc(SC(F)(F)F)ccc5o4)CC3)CC2)cc1C(F)(F)F. The lowest BCUT2D eigenvalue weighted by Crippen LogP contribution is -2.50. The number of oxazole rings is 1. The zero-order valence-corrected chi connectivity index (χ0v) is 22.9. The van der Waals surface area contributed by atoms with E-state index in [2.05, 4.69) is 4.98 Å². The van der Waals surface area contributed by atoms with E-state index in [0.717, 1.165) is 6.07 Å². The van der Waals surface area contributed by atoms with E-state index >= 15 is 0 Å². The molecule has 2 aliphatic rings. The number of rotatable bonds is 6. The van der Waals surface area contributed by atoms with Crippen molar-refractivity contribution in [3.05, 3.63) is 47.5 Å². The molecule has 2 aliphatic heterocycles. The van der Waals surface area contributed by atoms with E-state index in [4.69, 9.17) is 14.4 Å². The van der Waals surface area contributed by atoms with Crippen LogP contribution >= 0.6 is 11.8 Å². The van der Waals surface area contributed by atoms with E-state index in [1.165, 1.54) is 30.3 Å². The first kappa shape index (κ1) is 29.8. The third kappa shape index (κ3) is 7.04. The molecule has 0 bridgehead atoms. The highest BCUT2D eigenvalue weighted by atomic mass is 32.2. The number of amides is 1. The summed E-state index contributed by atoms with van der Waals surface area (Å²) in [5.41, 5.74) is -4.72. The van der Waals surface area contributed by atoms with E-state index < -0.39 is 22.8 Å². The van der Waals surface area contributed by atoms with Gasteiger partial charge in [0.05, 0.1) is 23.3 Å². The fourth-order valence-corrected chi connectivity index (χ4v) is 5.57. The van der Waals surface area contributed by atoms with Crippen LogP contribution in [0.1, 0.15) is 24.0 Å². The molecule has 42 heavy (non-hydrogen) atoms. The molecule has 2 saturated heterocycles. The van der Waals surface area contributed by atoms with Crippen molar-refractivity contribution in [1.82, 2.24) is 9.88 Å². The summed E-state index contributed by atoms with van der Waals surface area (Å²) in [6, 6.07) is 9.63. The van der Waals surface area contributed by atoms with Crippen LogP contribution in [-0.2, 0) is 15.7 Å². The summed E-state index contributed by atoms with van der Waals surface area (Å²) in [5, 5.41) is 9.00. The summed E-state index contributed by atoms with van der Waals surface area (Å²) in [6.07, 6.45) is -3.78. The zero-order chi connectivity index (χ0) is 30.1. The number of carbonyl (C=O) groups is 1. The van der Waals surface area contributed by atoms with Crippen molar-refractivity contribution in [2.45, 2.75) is 35.5 Å². The van der Waals surface area contributed by atoms with E-state index in [9.17, 15) is 31.1 Å². The number of nitriles is 1. The normalized spacial score (nSPS) is 17.1. The Morgan fingerprint density at radius 2 is 1.71 bits per heavy atom. The van der Waals surface area contributed by atoms with Crippen LogP contribution in [0.25, 0.3) is 11.1 Å². The molecule has 0 N–H and O–H groups in total. The van der Waals surface area contributed by atoms with Gasteiger partial charge in [-0.1, -0.05) is 0 Å². The lowest BCUT2D eigenvalue weighted by Gasteiger charge is -2.35. The number of fused-ring (bicyclic) bond motifs is 1. The predicted octanol–water partition coefficient (Wildman–Crippen LogP) is 5.66. The van der Waals surface area contributed by atoms with E-state index in [1.54, 1.807) is 15.9 Å². The third-order valence-electron chi connectivity index (χ3n) is 7.16. The van der Waals surface area contributed by atoms with E-state index in [0.29, 0.717) is 68.9 Å². The Kier molecular flexibility index (Phi) is 8.47. The van der Waals surface area contributed by atoms with Crippen LogP contribution in [0.2, 0.25) is 0 Å². The minimum absolute atomic E-state index is 0.0146. The third-order valence-corrected chi connectivity index (χ3v) is 7.88. The fraction of sp³-hybridized carbons (Fsp3) is 0.444. The first-order valence-corrected chi connectivity index (χ1v) is 13.9. The number of halogens is 6. The van der Waals surface area contributed by atoms with Crippen molar-refractivity contribution < 1.29 is 40.3 Å². The maximum absolute atomic E-state index is 13.3. The first-order valence-electron chi connectivity index (χ1n) is 13.1. The Morgan fingerprint density at radius 3 is 2.36 bits per heavy atom. The second-order valence-electron chi connectivity index (χ2n) is 9.88. The highest BCUT2D eigenvalue weighted by Crippen LogP contribution is 2.38. The van der Waals surface area contributed by atoms with Crippen LogP contribution < -0.4 is 9.80 Å². The zero-order valence-electron chi connectivity index (χ0n) is 22.0. The highest BCUT2D eigenvalue weighted by Gasteiger charge is 2.35. The number of hydrogen-bond donors (Lipinski definition) is 0. The topological polar surface area (TPSA) is 85.8 Å². The predicted molar refractivity (Wildman–Crippen MR) is 142 cm³/mol. The number of benzene rings is 2. The molecule has 15 heteroatoms. The average Bonchev–Trinajstić information content (AvgIpc) is 3.38. The van der Waals surface area contributed by atoms with Crippen LogP contribution in [0.15, 0.2) is 45.7 Å². The number of piperidine rings is 1. The van der Waals surface area contributed by atoms with Gasteiger partial charge >= 0.3 is 11.7 Å². The Hall–Kier alpha value is -3.64. The molecule has 3 heterocycles. The quantitative estimate of drug-likeness (QED) is 0.260. The second kappa shape index (κ2) is 11.9. The molecule has 8 nitrogen and oxygen atoms in total. The van der Waals surface area contributed by atoms with Gasteiger partial charge in [0, 0.05) is 49.9 Å². The van der Waals surface area contributed by atoms with Gasteiger partial charge in [-0.3, -0.25) is 4.79 Å². The molecular formula is C27H25F6N5O3S. The Labute approximate surface area is 240 Å². The molecule has 0 atom stereocenters. The smallest absolute Gasteiger partial charge is 0.423 e. The lowest BCUT2D eigenvalue weighted by molar-refractivity contribution is -0.139. The molecule has 2 fully saturated rings. The van der Waals surface area contributed by atoms with Crippen molar-refractivity contribution in [3.63, 3.8) is 0 Å². The molecule has 224 valence electrons. The maximum Gasteiger partial charge on any atom is 0.446 e. The molecule has 5 rings (SSSR count). The van der Waals surface area contributed by atoms with Gasteiger partial charge in [0.25, 0.3) is 6.01 Å². The molecule has 0 unspecified atom stereocenters. The monoisotopic (exact) mass is 613 g/mol. The van der Waals surface area contributed by atoms with E-state index in [-0.39, 0.29) is 41.3 Å². The summed E-state index contributed by atoms with van der Waals surface area (Å²) < 4.78 is 89.5.